The van der Waals surface area contributed by atoms with Crippen LogP contribution in [-0.2, 0) is 0 Å². The van der Waals surface area contributed by atoms with E-state index >= 15 is 0 Å². The van der Waals surface area contributed by atoms with E-state index in [9.17, 15) is 0 Å². The molecule has 1 saturated carbocycles. The first-order valence-corrected chi connectivity index (χ1v) is 5.42. The lowest BCUT2D eigenvalue weighted by Gasteiger charge is -2.12. The number of rotatable bonds is 2. The Bertz CT molecular complexity index is 131. The van der Waals surface area contributed by atoms with Gasteiger partial charge in [-0.15, -0.1) is 0 Å². The van der Waals surface area contributed by atoms with Crippen LogP contribution >= 0.6 is 0 Å². The van der Waals surface area contributed by atoms with Gasteiger partial charge in [0.15, 0.2) is 9.68 Å². The zero-order valence-corrected chi connectivity index (χ0v) is 8.64. The fourth-order valence-corrected chi connectivity index (χ4v) is 1.67. The predicted molar refractivity (Wildman–Crippen MR) is 49.5 cm³/mol. The lowest BCUT2D eigenvalue weighted by atomic mass is 10.3. The molecule has 0 N–H and O–H groups in total. The zero-order valence-electron chi connectivity index (χ0n) is 7.22. The highest BCUT2D eigenvalue weighted by atomic mass is 28.2. The molecular weight excluding hydrogens is 138 g/mol. The van der Waals surface area contributed by atoms with Crippen molar-refractivity contribution in [1.82, 2.24) is 0 Å². The van der Waals surface area contributed by atoms with E-state index in [1.165, 1.54) is 12.8 Å². The highest BCUT2D eigenvalue weighted by Gasteiger charge is 2.18. The number of hydrogen-bond acceptors (Lipinski definition) is 1. The molecule has 0 spiro atoms. The topological polar surface area (TPSA) is 12.4 Å². The molecular formula is C8H17NSi. The third-order valence-electron chi connectivity index (χ3n) is 1.50. The highest BCUT2D eigenvalue weighted by molar-refractivity contribution is 6.39. The SMILES string of the molecule is CC(C)(C)[SiH2]N=CC1CC1. The van der Waals surface area contributed by atoms with Gasteiger partial charge in [-0.05, 0) is 30.0 Å². The Balaban J connectivity index is 2.13. The van der Waals surface area contributed by atoms with Crippen LogP contribution in [0.25, 0.3) is 0 Å². The average Bonchev–Trinajstić information content (AvgIpc) is 2.45. The molecule has 0 aromatic carbocycles. The van der Waals surface area contributed by atoms with Gasteiger partial charge in [-0.3, -0.25) is 0 Å². The molecule has 0 unspecified atom stereocenters. The van der Waals surface area contributed by atoms with Crippen molar-refractivity contribution in [2.45, 2.75) is 38.7 Å². The summed E-state index contributed by atoms with van der Waals surface area (Å²) in [4.78, 5) is 0. The second kappa shape index (κ2) is 2.87. The summed E-state index contributed by atoms with van der Waals surface area (Å²) >= 11 is 0. The summed E-state index contributed by atoms with van der Waals surface area (Å²) in [5.41, 5.74) is 0. The average molecular weight is 155 g/mol. The standard InChI is InChI=1S/C8H17NSi/c1-8(2,3)10-9-6-7-4-5-7/h6-7H,4-5,10H2,1-3H3. The molecule has 0 radical (unpaired) electrons. The summed E-state index contributed by atoms with van der Waals surface area (Å²) < 4.78 is 4.52. The van der Waals surface area contributed by atoms with Crippen LogP contribution in [0, 0.1) is 5.92 Å². The van der Waals surface area contributed by atoms with Gasteiger partial charge >= 0.3 is 0 Å². The molecule has 0 saturated heterocycles. The van der Waals surface area contributed by atoms with E-state index in [4.69, 9.17) is 0 Å². The number of hydrogen-bond donors (Lipinski definition) is 0. The minimum atomic E-state index is -0.184. The smallest absolute Gasteiger partial charge is 0.155 e. The Kier molecular flexibility index (Phi) is 2.29. The van der Waals surface area contributed by atoms with Crippen LogP contribution in [0.4, 0.5) is 0 Å². The molecule has 1 aliphatic rings. The Morgan fingerprint density at radius 2 is 2.00 bits per heavy atom. The van der Waals surface area contributed by atoms with Crippen molar-refractivity contribution in [2.75, 3.05) is 0 Å². The van der Waals surface area contributed by atoms with Crippen LogP contribution in [0.1, 0.15) is 33.6 Å². The molecule has 0 bridgehead atoms. The quantitative estimate of drug-likeness (QED) is 0.426. The molecule has 1 rings (SSSR count). The van der Waals surface area contributed by atoms with Gasteiger partial charge in [-0.2, -0.15) is 0 Å². The van der Waals surface area contributed by atoms with Gasteiger partial charge < -0.3 is 4.66 Å². The molecule has 1 aliphatic carbocycles. The van der Waals surface area contributed by atoms with E-state index in [2.05, 4.69) is 31.6 Å². The Morgan fingerprint density at radius 1 is 1.40 bits per heavy atom. The highest BCUT2D eigenvalue weighted by Crippen LogP contribution is 2.27. The first kappa shape index (κ1) is 7.99. The molecule has 10 heavy (non-hydrogen) atoms. The minimum Gasteiger partial charge on any atom is -0.340 e. The Labute approximate surface area is 65.8 Å². The van der Waals surface area contributed by atoms with E-state index in [1.807, 2.05) is 0 Å². The van der Waals surface area contributed by atoms with Crippen molar-refractivity contribution in [3.8, 4) is 0 Å². The lowest BCUT2D eigenvalue weighted by molar-refractivity contribution is 0.752. The van der Waals surface area contributed by atoms with Gasteiger partial charge in [0.2, 0.25) is 0 Å². The van der Waals surface area contributed by atoms with Crippen LogP contribution in [0.5, 0.6) is 0 Å². The molecule has 0 amide bonds. The second-order valence-electron chi connectivity index (χ2n) is 4.39. The maximum Gasteiger partial charge on any atom is 0.155 e. The molecule has 0 aromatic heterocycles. The van der Waals surface area contributed by atoms with E-state index in [1.54, 1.807) is 0 Å². The van der Waals surface area contributed by atoms with E-state index in [0.29, 0.717) is 5.04 Å². The van der Waals surface area contributed by atoms with Gasteiger partial charge in [-0.1, -0.05) is 20.8 Å². The Hall–Kier alpha value is -0.113. The van der Waals surface area contributed by atoms with Crippen LogP contribution in [-0.4, -0.2) is 15.9 Å². The van der Waals surface area contributed by atoms with E-state index in [-0.39, 0.29) is 9.68 Å². The van der Waals surface area contributed by atoms with E-state index in [0.717, 1.165) is 5.92 Å². The molecule has 0 atom stereocenters. The van der Waals surface area contributed by atoms with Crippen LogP contribution in [0.2, 0.25) is 5.04 Å². The summed E-state index contributed by atoms with van der Waals surface area (Å²) in [5.74, 6) is 0.870. The van der Waals surface area contributed by atoms with Gasteiger partial charge in [0.1, 0.15) is 0 Å². The maximum absolute atomic E-state index is 4.52. The van der Waals surface area contributed by atoms with Crippen LogP contribution in [0.15, 0.2) is 4.66 Å². The van der Waals surface area contributed by atoms with Gasteiger partial charge in [0.25, 0.3) is 0 Å². The summed E-state index contributed by atoms with van der Waals surface area (Å²) in [7, 11) is -0.184. The number of nitrogens with zero attached hydrogens (tertiary/aromatic N) is 1. The van der Waals surface area contributed by atoms with Crippen molar-refractivity contribution < 1.29 is 0 Å². The van der Waals surface area contributed by atoms with Crippen molar-refractivity contribution in [3.05, 3.63) is 0 Å². The first-order valence-electron chi connectivity index (χ1n) is 4.08. The third kappa shape index (κ3) is 3.83. The van der Waals surface area contributed by atoms with Crippen molar-refractivity contribution in [2.24, 2.45) is 10.6 Å². The van der Waals surface area contributed by atoms with Crippen molar-refractivity contribution in [3.63, 3.8) is 0 Å². The normalized spacial score (nSPS) is 21.5. The fraction of sp³-hybridized carbons (Fsp3) is 0.875. The van der Waals surface area contributed by atoms with Crippen molar-refractivity contribution >= 4 is 15.9 Å². The summed E-state index contributed by atoms with van der Waals surface area (Å²) in [5, 5.41) is 0.505. The summed E-state index contributed by atoms with van der Waals surface area (Å²) in [6.45, 7) is 6.84. The molecule has 0 heterocycles. The summed E-state index contributed by atoms with van der Waals surface area (Å²) in [6.07, 6.45) is 4.97. The van der Waals surface area contributed by atoms with Gasteiger partial charge in [-0.25, -0.2) is 0 Å². The first-order chi connectivity index (χ1) is 4.58. The third-order valence-corrected chi connectivity index (χ3v) is 2.85. The van der Waals surface area contributed by atoms with Crippen LogP contribution < -0.4 is 0 Å². The second-order valence-corrected chi connectivity index (χ2v) is 7.19. The molecule has 1 fully saturated rings. The lowest BCUT2D eigenvalue weighted by Crippen LogP contribution is -2.05. The summed E-state index contributed by atoms with van der Waals surface area (Å²) in [6, 6.07) is 0. The fourth-order valence-electron chi connectivity index (χ4n) is 0.721. The van der Waals surface area contributed by atoms with E-state index < -0.39 is 0 Å². The monoisotopic (exact) mass is 155 g/mol. The molecule has 0 aromatic rings. The minimum absolute atomic E-state index is 0.184. The molecule has 0 aliphatic heterocycles. The van der Waals surface area contributed by atoms with Gasteiger partial charge in [0.05, 0.1) is 0 Å². The molecule has 58 valence electrons. The largest absolute Gasteiger partial charge is 0.340 e. The molecule has 2 heteroatoms. The van der Waals surface area contributed by atoms with Crippen LogP contribution in [0.3, 0.4) is 0 Å². The Morgan fingerprint density at radius 3 is 2.40 bits per heavy atom. The van der Waals surface area contributed by atoms with Crippen molar-refractivity contribution in [1.29, 1.82) is 0 Å². The zero-order chi connectivity index (χ0) is 7.61. The predicted octanol–water partition coefficient (Wildman–Crippen LogP) is 1.77. The molecule has 1 nitrogen and oxygen atoms in total. The van der Waals surface area contributed by atoms with Gasteiger partial charge in [0, 0.05) is 0 Å². The maximum atomic E-state index is 4.52.